The molecular weight excluding hydrogens is 292 g/mol. The molecule has 122 valence electrons. The first-order valence-electron chi connectivity index (χ1n) is 8.02. The number of hydrogen-bond donors (Lipinski definition) is 0. The Hall–Kier alpha value is -2.21. The zero-order chi connectivity index (χ0) is 16.2. The number of rotatable bonds is 5. The third-order valence-corrected chi connectivity index (χ3v) is 4.21. The highest BCUT2D eigenvalue weighted by Crippen LogP contribution is 2.26. The van der Waals surface area contributed by atoms with E-state index in [1.54, 1.807) is 6.20 Å². The van der Waals surface area contributed by atoms with Crippen LogP contribution >= 0.6 is 0 Å². The lowest BCUT2D eigenvalue weighted by Gasteiger charge is -2.34. The summed E-state index contributed by atoms with van der Waals surface area (Å²) in [5, 5.41) is 0. The van der Waals surface area contributed by atoms with Crippen molar-refractivity contribution >= 4 is 5.91 Å². The van der Waals surface area contributed by atoms with Crippen LogP contribution < -0.4 is 0 Å². The number of carbonyl (C=O) groups is 1. The Kier molecular flexibility index (Phi) is 4.71. The van der Waals surface area contributed by atoms with E-state index in [0.29, 0.717) is 26.2 Å². The first-order chi connectivity index (χ1) is 11.2. The van der Waals surface area contributed by atoms with Crippen LogP contribution in [0, 0.1) is 0 Å². The number of carbonyl (C=O) groups excluding carboxylic acids is 1. The third kappa shape index (κ3) is 3.27. The number of imidazole rings is 1. The van der Waals surface area contributed by atoms with Crippen LogP contribution in [0.4, 0.5) is 0 Å². The van der Waals surface area contributed by atoms with Crippen molar-refractivity contribution in [3.8, 4) is 0 Å². The summed E-state index contributed by atoms with van der Waals surface area (Å²) in [6.07, 6.45) is 3.90. The van der Waals surface area contributed by atoms with Gasteiger partial charge in [-0.15, -0.1) is 0 Å². The molecule has 0 spiro atoms. The highest BCUT2D eigenvalue weighted by Gasteiger charge is 2.30. The molecule has 2 aromatic heterocycles. The van der Waals surface area contributed by atoms with Crippen molar-refractivity contribution < 1.29 is 9.53 Å². The van der Waals surface area contributed by atoms with Gasteiger partial charge in [-0.25, -0.2) is 4.98 Å². The number of amides is 1. The molecular formula is C17H22N4O2. The van der Waals surface area contributed by atoms with Crippen LogP contribution in [0.15, 0.2) is 30.6 Å². The highest BCUT2D eigenvalue weighted by atomic mass is 16.5. The topological polar surface area (TPSA) is 60.2 Å². The van der Waals surface area contributed by atoms with E-state index in [4.69, 9.17) is 4.74 Å². The zero-order valence-electron chi connectivity index (χ0n) is 13.6. The summed E-state index contributed by atoms with van der Waals surface area (Å²) in [7, 11) is 0. The quantitative estimate of drug-likeness (QED) is 0.846. The molecule has 6 nitrogen and oxygen atoms in total. The third-order valence-electron chi connectivity index (χ3n) is 4.21. The van der Waals surface area contributed by atoms with Crippen molar-refractivity contribution in [1.29, 1.82) is 0 Å². The van der Waals surface area contributed by atoms with Gasteiger partial charge in [0.1, 0.15) is 5.82 Å². The molecule has 0 radical (unpaired) electrons. The van der Waals surface area contributed by atoms with E-state index in [9.17, 15) is 4.79 Å². The van der Waals surface area contributed by atoms with Gasteiger partial charge in [-0.05, 0) is 26.0 Å². The van der Waals surface area contributed by atoms with Crippen molar-refractivity contribution in [3.05, 3.63) is 47.8 Å². The van der Waals surface area contributed by atoms with Gasteiger partial charge in [-0.1, -0.05) is 6.07 Å². The van der Waals surface area contributed by atoms with Gasteiger partial charge < -0.3 is 14.2 Å². The summed E-state index contributed by atoms with van der Waals surface area (Å²) >= 11 is 0. The maximum atomic E-state index is 12.6. The monoisotopic (exact) mass is 314 g/mol. The van der Waals surface area contributed by atoms with Crippen molar-refractivity contribution in [2.75, 3.05) is 13.2 Å². The Morgan fingerprint density at radius 3 is 2.96 bits per heavy atom. The molecule has 23 heavy (non-hydrogen) atoms. The lowest BCUT2D eigenvalue weighted by Crippen LogP contribution is -2.42. The van der Waals surface area contributed by atoms with Crippen LogP contribution in [0.3, 0.4) is 0 Å². The van der Waals surface area contributed by atoms with Gasteiger partial charge in [0.15, 0.2) is 0 Å². The average Bonchev–Trinajstić information content (AvgIpc) is 2.98. The van der Waals surface area contributed by atoms with E-state index in [2.05, 4.69) is 14.5 Å². The number of hydrogen-bond acceptors (Lipinski definition) is 4. The predicted molar refractivity (Wildman–Crippen MR) is 85.6 cm³/mol. The van der Waals surface area contributed by atoms with Gasteiger partial charge in [-0.2, -0.15) is 0 Å². The lowest BCUT2D eigenvalue weighted by atomic mass is 10.1. The Labute approximate surface area is 136 Å². The Bertz CT molecular complexity index is 668. The fourth-order valence-electron chi connectivity index (χ4n) is 2.98. The van der Waals surface area contributed by atoms with Crippen molar-refractivity contribution in [1.82, 2.24) is 19.4 Å². The molecule has 0 aromatic carbocycles. The van der Waals surface area contributed by atoms with Gasteiger partial charge in [0, 0.05) is 31.6 Å². The molecule has 1 aliphatic heterocycles. The van der Waals surface area contributed by atoms with E-state index >= 15 is 0 Å². The van der Waals surface area contributed by atoms with Crippen LogP contribution in [0.5, 0.6) is 0 Å². The minimum absolute atomic E-state index is 0.0321. The summed E-state index contributed by atoms with van der Waals surface area (Å²) in [6, 6.07) is 5.61. The van der Waals surface area contributed by atoms with Crippen molar-refractivity contribution in [2.24, 2.45) is 0 Å². The molecule has 3 rings (SSSR count). The molecule has 0 fully saturated rings. The molecule has 0 saturated carbocycles. The maximum Gasteiger partial charge on any atom is 0.229 e. The Morgan fingerprint density at radius 2 is 2.22 bits per heavy atom. The summed E-state index contributed by atoms with van der Waals surface area (Å²) in [5.41, 5.74) is 1.88. The molecule has 1 aliphatic rings. The molecule has 1 amide bonds. The van der Waals surface area contributed by atoms with Gasteiger partial charge >= 0.3 is 0 Å². The van der Waals surface area contributed by atoms with Gasteiger partial charge in [0.25, 0.3) is 0 Å². The normalized spacial score (nSPS) is 17.1. The first kappa shape index (κ1) is 15.7. The SMILES string of the molecule is CCOCc1cnc2n1CCN(C(=O)Cc1ccccn1)[C@H]2C. The van der Waals surface area contributed by atoms with Crippen LogP contribution in [-0.4, -0.2) is 38.5 Å². The van der Waals surface area contributed by atoms with E-state index in [1.165, 1.54) is 0 Å². The van der Waals surface area contributed by atoms with Gasteiger partial charge in [-0.3, -0.25) is 9.78 Å². The summed E-state index contributed by atoms with van der Waals surface area (Å²) < 4.78 is 7.65. The maximum absolute atomic E-state index is 12.6. The molecule has 0 N–H and O–H groups in total. The Morgan fingerprint density at radius 1 is 1.35 bits per heavy atom. The molecule has 0 saturated heterocycles. The molecule has 3 heterocycles. The summed E-state index contributed by atoms with van der Waals surface area (Å²) in [6.45, 7) is 6.71. The lowest BCUT2D eigenvalue weighted by molar-refractivity contribution is -0.133. The molecule has 2 aromatic rings. The van der Waals surface area contributed by atoms with Crippen LogP contribution in [0.1, 0.15) is 37.1 Å². The van der Waals surface area contributed by atoms with Crippen LogP contribution in [-0.2, 0) is 29.1 Å². The molecule has 0 unspecified atom stereocenters. The molecule has 0 bridgehead atoms. The smallest absolute Gasteiger partial charge is 0.229 e. The van der Waals surface area contributed by atoms with Crippen LogP contribution in [0.25, 0.3) is 0 Å². The second-order valence-corrected chi connectivity index (χ2v) is 5.66. The predicted octanol–water partition coefficient (Wildman–Crippen LogP) is 1.96. The zero-order valence-corrected chi connectivity index (χ0v) is 13.6. The van der Waals surface area contributed by atoms with Crippen LogP contribution in [0.2, 0.25) is 0 Å². The minimum Gasteiger partial charge on any atom is -0.375 e. The van der Waals surface area contributed by atoms with E-state index in [1.807, 2.05) is 43.1 Å². The fourth-order valence-corrected chi connectivity index (χ4v) is 2.98. The summed E-state index contributed by atoms with van der Waals surface area (Å²) in [5.74, 6) is 1.03. The number of nitrogens with zero attached hydrogens (tertiary/aromatic N) is 4. The number of fused-ring (bicyclic) bond motifs is 1. The van der Waals surface area contributed by atoms with Crippen molar-refractivity contribution in [3.63, 3.8) is 0 Å². The second-order valence-electron chi connectivity index (χ2n) is 5.66. The van der Waals surface area contributed by atoms with Gasteiger partial charge in [0.2, 0.25) is 5.91 Å². The minimum atomic E-state index is -0.0321. The second kappa shape index (κ2) is 6.91. The fraction of sp³-hybridized carbons (Fsp3) is 0.471. The largest absolute Gasteiger partial charge is 0.375 e. The van der Waals surface area contributed by atoms with E-state index < -0.39 is 0 Å². The van der Waals surface area contributed by atoms with Crippen molar-refractivity contribution in [2.45, 2.75) is 39.5 Å². The van der Waals surface area contributed by atoms with E-state index in [0.717, 1.165) is 23.8 Å². The highest BCUT2D eigenvalue weighted by molar-refractivity contribution is 5.78. The Balaban J connectivity index is 1.72. The standard InChI is InChI=1S/C17H22N4O2/c1-3-23-12-15-11-19-17-13(2)20(8-9-21(15)17)16(22)10-14-6-4-5-7-18-14/h4-7,11,13H,3,8-10,12H2,1-2H3/t13-/m0/s1. The van der Waals surface area contributed by atoms with E-state index in [-0.39, 0.29) is 11.9 Å². The number of pyridine rings is 1. The molecule has 0 aliphatic carbocycles. The first-order valence-corrected chi connectivity index (χ1v) is 8.02. The summed E-state index contributed by atoms with van der Waals surface area (Å²) in [4.78, 5) is 23.2. The number of ether oxygens (including phenoxy) is 1. The molecule has 1 atom stereocenters. The van der Waals surface area contributed by atoms with Gasteiger partial charge in [0.05, 0.1) is 31.0 Å². The average molecular weight is 314 g/mol. The molecule has 6 heteroatoms. The number of aromatic nitrogens is 3.